The lowest BCUT2D eigenvalue weighted by molar-refractivity contribution is 0.102. The van der Waals surface area contributed by atoms with Gasteiger partial charge >= 0.3 is 0 Å². The average molecular weight is 377 g/mol. The van der Waals surface area contributed by atoms with E-state index in [0.29, 0.717) is 34.3 Å². The molecular formula is C21H19N3O4. The molecule has 7 nitrogen and oxygen atoms in total. The molecule has 28 heavy (non-hydrogen) atoms. The van der Waals surface area contributed by atoms with Gasteiger partial charge in [-0.2, -0.15) is 0 Å². The zero-order valence-electron chi connectivity index (χ0n) is 15.4. The summed E-state index contributed by atoms with van der Waals surface area (Å²) >= 11 is 0. The fraction of sp³-hybridized carbons (Fsp3) is 0.143. The van der Waals surface area contributed by atoms with Crippen molar-refractivity contribution in [3.8, 4) is 17.2 Å². The molecule has 1 aromatic heterocycles. The summed E-state index contributed by atoms with van der Waals surface area (Å²) in [5.41, 5.74) is 1.96. The molecule has 0 saturated carbocycles. The average Bonchev–Trinajstić information content (AvgIpc) is 3.18. The Balaban J connectivity index is 1.51. The van der Waals surface area contributed by atoms with Gasteiger partial charge in [0.15, 0.2) is 29.3 Å². The second-order valence-corrected chi connectivity index (χ2v) is 6.14. The number of carbonyl (C=O) groups excluding carboxylic acids is 1. The van der Waals surface area contributed by atoms with E-state index in [1.165, 1.54) is 0 Å². The molecule has 142 valence electrons. The molecule has 2 N–H and O–H groups in total. The minimum atomic E-state index is -0.390. The maximum Gasteiger partial charge on any atom is 0.255 e. The minimum absolute atomic E-state index is 0.234. The summed E-state index contributed by atoms with van der Waals surface area (Å²) in [4.78, 5) is 16.9. The van der Waals surface area contributed by atoms with Crippen LogP contribution in [0.2, 0.25) is 0 Å². The zero-order valence-corrected chi connectivity index (χ0v) is 15.4. The van der Waals surface area contributed by atoms with Crippen molar-refractivity contribution in [3.63, 3.8) is 0 Å². The van der Waals surface area contributed by atoms with Gasteiger partial charge < -0.3 is 24.8 Å². The van der Waals surface area contributed by atoms with Crippen LogP contribution in [0.1, 0.15) is 22.1 Å². The van der Waals surface area contributed by atoms with E-state index < -0.39 is 6.23 Å². The van der Waals surface area contributed by atoms with Gasteiger partial charge in [-0.3, -0.25) is 4.79 Å². The number of ether oxygens (including phenoxy) is 3. The Morgan fingerprint density at radius 3 is 2.71 bits per heavy atom. The molecule has 4 rings (SSSR count). The first-order chi connectivity index (χ1) is 13.7. The van der Waals surface area contributed by atoms with Crippen LogP contribution in [0.25, 0.3) is 0 Å². The number of benzene rings is 2. The quantitative estimate of drug-likeness (QED) is 0.703. The molecule has 0 spiro atoms. The zero-order chi connectivity index (χ0) is 19.5. The molecule has 1 unspecified atom stereocenters. The third-order valence-corrected chi connectivity index (χ3v) is 4.38. The fourth-order valence-electron chi connectivity index (χ4n) is 2.99. The van der Waals surface area contributed by atoms with E-state index in [-0.39, 0.29) is 5.91 Å². The number of fused-ring (bicyclic) bond motifs is 1. The number of carbonyl (C=O) groups is 1. The molecule has 0 radical (unpaired) electrons. The van der Waals surface area contributed by atoms with Crippen LogP contribution in [-0.4, -0.2) is 25.1 Å². The van der Waals surface area contributed by atoms with Gasteiger partial charge in [-0.25, -0.2) is 4.98 Å². The highest BCUT2D eigenvalue weighted by Crippen LogP contribution is 2.36. The lowest BCUT2D eigenvalue weighted by Crippen LogP contribution is -2.15. The van der Waals surface area contributed by atoms with Crippen molar-refractivity contribution in [1.82, 2.24) is 4.98 Å². The van der Waals surface area contributed by atoms with Gasteiger partial charge in [0, 0.05) is 29.1 Å². The smallest absolute Gasteiger partial charge is 0.255 e. The number of amides is 1. The number of pyridine rings is 1. The highest BCUT2D eigenvalue weighted by molar-refractivity contribution is 6.04. The molecule has 0 bridgehead atoms. The maximum absolute atomic E-state index is 12.7. The van der Waals surface area contributed by atoms with Crippen LogP contribution in [0.5, 0.6) is 17.2 Å². The molecule has 0 aliphatic carbocycles. The summed E-state index contributed by atoms with van der Waals surface area (Å²) in [6, 6.07) is 16.1. The van der Waals surface area contributed by atoms with E-state index in [2.05, 4.69) is 15.6 Å². The van der Waals surface area contributed by atoms with Crippen LogP contribution in [0.3, 0.4) is 0 Å². The molecule has 0 saturated heterocycles. The predicted octanol–water partition coefficient (Wildman–Crippen LogP) is 3.85. The van der Waals surface area contributed by atoms with Crippen molar-refractivity contribution in [2.75, 3.05) is 24.9 Å². The topological polar surface area (TPSA) is 81.7 Å². The number of nitrogens with zero attached hydrogens (tertiary/aromatic N) is 1. The molecule has 0 fully saturated rings. The fourth-order valence-corrected chi connectivity index (χ4v) is 2.99. The molecule has 1 atom stereocenters. The van der Waals surface area contributed by atoms with Crippen LogP contribution in [-0.2, 0) is 0 Å². The van der Waals surface area contributed by atoms with Gasteiger partial charge in [0.25, 0.3) is 5.91 Å². The van der Waals surface area contributed by atoms with Gasteiger partial charge in [0.05, 0.1) is 14.2 Å². The van der Waals surface area contributed by atoms with Gasteiger partial charge in [0.2, 0.25) is 0 Å². The highest BCUT2D eigenvalue weighted by atomic mass is 16.5. The first-order valence-electron chi connectivity index (χ1n) is 8.69. The second-order valence-electron chi connectivity index (χ2n) is 6.14. The standard InChI is InChI=1S/C21H19N3O4/c1-26-16-9-8-15(12-18(16)27-2)23-20(25)13-5-3-6-14(11-13)21-24-19-17(28-21)7-4-10-22-19/h3-12,21H,1-2H3,(H,22,24)(H,23,25). The summed E-state index contributed by atoms with van der Waals surface area (Å²) in [6.07, 6.45) is 1.31. The summed E-state index contributed by atoms with van der Waals surface area (Å²) < 4.78 is 16.4. The summed E-state index contributed by atoms with van der Waals surface area (Å²) in [5, 5.41) is 6.07. The number of anilines is 2. The van der Waals surface area contributed by atoms with Crippen molar-refractivity contribution >= 4 is 17.4 Å². The summed E-state index contributed by atoms with van der Waals surface area (Å²) in [6.45, 7) is 0. The molecule has 2 heterocycles. The van der Waals surface area contributed by atoms with Crippen LogP contribution >= 0.6 is 0 Å². The van der Waals surface area contributed by atoms with Crippen LogP contribution < -0.4 is 24.8 Å². The Morgan fingerprint density at radius 1 is 1.07 bits per heavy atom. The number of rotatable bonds is 5. The van der Waals surface area contributed by atoms with E-state index >= 15 is 0 Å². The SMILES string of the molecule is COc1ccc(NC(=O)c2cccc(C3Nc4ncccc4O3)c2)cc1OC. The third kappa shape index (κ3) is 3.42. The van der Waals surface area contributed by atoms with E-state index in [1.54, 1.807) is 50.7 Å². The molecule has 1 amide bonds. The lowest BCUT2D eigenvalue weighted by Gasteiger charge is -2.13. The number of aromatic nitrogens is 1. The van der Waals surface area contributed by atoms with Crippen molar-refractivity contribution in [1.29, 1.82) is 0 Å². The van der Waals surface area contributed by atoms with Crippen LogP contribution in [0.4, 0.5) is 11.5 Å². The van der Waals surface area contributed by atoms with Crippen molar-refractivity contribution < 1.29 is 19.0 Å². The Hall–Kier alpha value is -3.74. The number of nitrogens with one attached hydrogen (secondary N) is 2. The van der Waals surface area contributed by atoms with Crippen molar-refractivity contribution in [2.24, 2.45) is 0 Å². The first kappa shape index (κ1) is 17.7. The Kier molecular flexibility index (Phi) is 4.72. The number of methoxy groups -OCH3 is 2. The minimum Gasteiger partial charge on any atom is -0.493 e. The molecule has 1 aliphatic heterocycles. The molecule has 2 aromatic carbocycles. The van der Waals surface area contributed by atoms with Gasteiger partial charge in [0.1, 0.15) is 0 Å². The summed E-state index contributed by atoms with van der Waals surface area (Å²) in [5.74, 6) is 2.28. The van der Waals surface area contributed by atoms with Crippen molar-refractivity contribution in [3.05, 3.63) is 71.9 Å². The van der Waals surface area contributed by atoms with E-state index in [1.807, 2.05) is 24.3 Å². The van der Waals surface area contributed by atoms with Crippen LogP contribution in [0.15, 0.2) is 60.8 Å². The highest BCUT2D eigenvalue weighted by Gasteiger charge is 2.24. The second kappa shape index (κ2) is 7.48. The molecule has 3 aromatic rings. The summed E-state index contributed by atoms with van der Waals surface area (Å²) in [7, 11) is 3.11. The predicted molar refractivity (Wildman–Crippen MR) is 105 cm³/mol. The molecular weight excluding hydrogens is 358 g/mol. The molecule has 1 aliphatic rings. The first-order valence-corrected chi connectivity index (χ1v) is 8.69. The number of hydrogen-bond acceptors (Lipinski definition) is 6. The Labute approximate surface area is 162 Å². The van der Waals surface area contributed by atoms with Crippen LogP contribution in [0, 0.1) is 0 Å². The number of hydrogen-bond donors (Lipinski definition) is 2. The van der Waals surface area contributed by atoms with E-state index in [0.717, 1.165) is 5.56 Å². The largest absolute Gasteiger partial charge is 0.493 e. The Bertz CT molecular complexity index is 997. The van der Waals surface area contributed by atoms with Crippen molar-refractivity contribution in [2.45, 2.75) is 6.23 Å². The third-order valence-electron chi connectivity index (χ3n) is 4.38. The van der Waals surface area contributed by atoms with E-state index in [9.17, 15) is 4.79 Å². The lowest BCUT2D eigenvalue weighted by atomic mass is 10.1. The van der Waals surface area contributed by atoms with E-state index in [4.69, 9.17) is 14.2 Å². The Morgan fingerprint density at radius 2 is 1.93 bits per heavy atom. The molecule has 7 heteroatoms. The van der Waals surface area contributed by atoms with Gasteiger partial charge in [-0.1, -0.05) is 12.1 Å². The van der Waals surface area contributed by atoms with Gasteiger partial charge in [-0.05, 0) is 36.4 Å². The maximum atomic E-state index is 12.7. The normalized spacial score (nSPS) is 14.4. The monoisotopic (exact) mass is 377 g/mol. The van der Waals surface area contributed by atoms with Gasteiger partial charge in [-0.15, -0.1) is 0 Å².